The van der Waals surface area contributed by atoms with Crippen LogP contribution in [0.25, 0.3) is 0 Å². The second-order valence-corrected chi connectivity index (χ2v) is 15.6. The van der Waals surface area contributed by atoms with E-state index < -0.39 is 8.07 Å². The highest BCUT2D eigenvalue weighted by Crippen LogP contribution is 2.16. The summed E-state index contributed by atoms with van der Waals surface area (Å²) in [6, 6.07) is 1.51. The van der Waals surface area contributed by atoms with Crippen LogP contribution in [0.3, 0.4) is 0 Å². The van der Waals surface area contributed by atoms with Gasteiger partial charge in [-0.15, -0.1) is 0 Å². The molecule has 1 aromatic heterocycles. The van der Waals surface area contributed by atoms with Gasteiger partial charge in [0.15, 0.2) is 6.54 Å². The molecule has 174 valence electrons. The molecule has 0 atom stereocenters. The summed E-state index contributed by atoms with van der Waals surface area (Å²) in [4.78, 5) is 0. The Morgan fingerprint density at radius 3 is 2.03 bits per heavy atom. The molecule has 0 radical (unpaired) electrons. The number of unbranched alkanes of at least 4 members (excludes halogenated alkanes) is 11. The Hall–Kier alpha value is -0.283. The van der Waals surface area contributed by atoms with Crippen LogP contribution in [-0.4, -0.2) is 12.6 Å². The quantitative estimate of drug-likeness (QED) is 0.0952. The summed E-state index contributed by atoms with van der Waals surface area (Å²) in [5.41, 5.74) is 0. The predicted octanol–water partition coefficient (Wildman–Crippen LogP) is 4.52. The molecule has 0 amide bonds. The number of imidazole rings is 1. The van der Waals surface area contributed by atoms with E-state index in [1.165, 1.54) is 88.9 Å². The highest BCUT2D eigenvalue weighted by molar-refractivity contribution is 6.76. The van der Waals surface area contributed by atoms with Crippen LogP contribution >= 0.6 is 0 Å². The first-order valence-corrected chi connectivity index (χ1v) is 16.2. The first-order chi connectivity index (χ1) is 13.9. The Kier molecular flexibility index (Phi) is 18.1. The predicted molar refractivity (Wildman–Crippen MR) is 131 cm³/mol. The molecular weight excluding hydrogens is 495 g/mol. The van der Waals surface area contributed by atoms with Crippen LogP contribution in [0.2, 0.25) is 25.7 Å². The van der Waals surface area contributed by atoms with Gasteiger partial charge in [0.1, 0.15) is 12.4 Å². The van der Waals surface area contributed by atoms with E-state index in [1.807, 2.05) is 0 Å². The minimum Gasteiger partial charge on any atom is -1.00 e. The molecule has 4 heteroatoms. The Morgan fingerprint density at radius 1 is 0.833 bits per heavy atom. The molecule has 0 unspecified atom stereocenters. The largest absolute Gasteiger partial charge is 1.00 e. The van der Waals surface area contributed by atoms with Gasteiger partial charge in [-0.1, -0.05) is 102 Å². The number of aryl methyl sites for hydroxylation is 1. The molecule has 2 nitrogen and oxygen atoms in total. The lowest BCUT2D eigenvalue weighted by Crippen LogP contribution is -3.00. The Bertz CT molecular complexity index is 592. The van der Waals surface area contributed by atoms with E-state index >= 15 is 0 Å². The molecule has 0 aliphatic heterocycles. The van der Waals surface area contributed by atoms with Crippen molar-refractivity contribution in [2.24, 2.45) is 0 Å². The summed E-state index contributed by atoms with van der Waals surface area (Å²) in [6.45, 7) is 13.9. The fraction of sp³-hybridized carbons (Fsp3) is 0.808. The normalized spacial score (nSPS) is 11.1. The third-order valence-corrected chi connectivity index (χ3v) is 7.72. The number of halogens is 1. The van der Waals surface area contributed by atoms with Crippen LogP contribution < -0.4 is 28.5 Å². The van der Waals surface area contributed by atoms with Gasteiger partial charge >= 0.3 is 0 Å². The topological polar surface area (TPSA) is 8.81 Å². The molecule has 1 aromatic rings. The van der Waals surface area contributed by atoms with E-state index in [9.17, 15) is 0 Å². The van der Waals surface area contributed by atoms with Crippen LogP contribution in [-0.2, 0) is 13.1 Å². The van der Waals surface area contributed by atoms with E-state index in [1.54, 1.807) is 0 Å². The minimum atomic E-state index is -0.802. The van der Waals surface area contributed by atoms with Gasteiger partial charge in [0.2, 0.25) is 0 Å². The van der Waals surface area contributed by atoms with Gasteiger partial charge in [0.05, 0.1) is 6.54 Å². The Morgan fingerprint density at radius 2 is 1.43 bits per heavy atom. The summed E-state index contributed by atoms with van der Waals surface area (Å²) in [5, 5.41) is 0. The van der Waals surface area contributed by atoms with Crippen molar-refractivity contribution in [1.29, 1.82) is 0 Å². The van der Waals surface area contributed by atoms with Crippen LogP contribution in [0.4, 0.5) is 0 Å². The molecule has 0 saturated heterocycles. The first kappa shape index (κ1) is 29.7. The van der Waals surface area contributed by atoms with Crippen LogP contribution in [0, 0.1) is 18.8 Å². The second-order valence-electron chi connectivity index (χ2n) is 9.97. The maximum Gasteiger partial charge on any atom is 0.254 e. The maximum atomic E-state index is 3.33. The third-order valence-electron chi connectivity index (χ3n) is 5.86. The lowest BCUT2D eigenvalue weighted by Gasteiger charge is -2.14. The monoisotopic (exact) mass is 544 g/mol. The molecule has 30 heavy (non-hydrogen) atoms. The van der Waals surface area contributed by atoms with Crippen molar-refractivity contribution in [2.45, 2.75) is 136 Å². The number of hydrogen-bond acceptors (Lipinski definition) is 0. The zero-order valence-electron chi connectivity index (χ0n) is 20.7. The SMILES string of the molecule is CCCCCC#CCn1cc[n+](CCCCCCCCCCC[Si](C)(C)C)c1C.[I-]. The zero-order valence-corrected chi connectivity index (χ0v) is 23.9. The maximum absolute atomic E-state index is 3.33. The van der Waals surface area contributed by atoms with Gasteiger partial charge in [0, 0.05) is 21.4 Å². The minimum absolute atomic E-state index is 0. The number of hydrogen-bond donors (Lipinski definition) is 0. The van der Waals surface area contributed by atoms with Gasteiger partial charge in [-0.2, -0.15) is 0 Å². The van der Waals surface area contributed by atoms with E-state index in [2.05, 4.69) is 66.9 Å². The highest BCUT2D eigenvalue weighted by atomic mass is 127. The summed E-state index contributed by atoms with van der Waals surface area (Å²) in [7, 11) is -0.802. The molecule has 1 rings (SSSR count). The average molecular weight is 545 g/mol. The first-order valence-electron chi connectivity index (χ1n) is 12.4. The smallest absolute Gasteiger partial charge is 0.254 e. The van der Waals surface area contributed by atoms with Crippen molar-refractivity contribution in [3.63, 3.8) is 0 Å². The molecule has 0 fully saturated rings. The highest BCUT2D eigenvalue weighted by Gasteiger charge is 2.11. The van der Waals surface area contributed by atoms with Crippen molar-refractivity contribution in [3.05, 3.63) is 18.2 Å². The Balaban J connectivity index is 0.00000841. The van der Waals surface area contributed by atoms with Crippen molar-refractivity contribution in [2.75, 3.05) is 0 Å². The van der Waals surface area contributed by atoms with Crippen LogP contribution in [0.15, 0.2) is 12.4 Å². The third kappa shape index (κ3) is 15.5. The molecule has 0 aromatic carbocycles. The lowest BCUT2D eigenvalue weighted by molar-refractivity contribution is -0.702. The van der Waals surface area contributed by atoms with E-state index in [0.29, 0.717) is 0 Å². The zero-order chi connectivity index (χ0) is 21.4. The fourth-order valence-electron chi connectivity index (χ4n) is 3.81. The van der Waals surface area contributed by atoms with Crippen LogP contribution in [0.1, 0.15) is 96.2 Å². The van der Waals surface area contributed by atoms with Crippen LogP contribution in [0.5, 0.6) is 0 Å². The second kappa shape index (κ2) is 18.3. The number of rotatable bonds is 16. The van der Waals surface area contributed by atoms with Crippen molar-refractivity contribution < 1.29 is 28.5 Å². The van der Waals surface area contributed by atoms with Gasteiger partial charge < -0.3 is 24.0 Å². The summed E-state index contributed by atoms with van der Waals surface area (Å²) in [6.07, 6.45) is 22.0. The number of aromatic nitrogens is 2. The van der Waals surface area contributed by atoms with Crippen molar-refractivity contribution in [3.8, 4) is 11.8 Å². The van der Waals surface area contributed by atoms with E-state index in [-0.39, 0.29) is 24.0 Å². The van der Waals surface area contributed by atoms with Gasteiger partial charge in [-0.3, -0.25) is 0 Å². The summed E-state index contributed by atoms with van der Waals surface area (Å²) in [5.74, 6) is 7.99. The average Bonchev–Trinajstić information content (AvgIpc) is 3.01. The molecular formula is C26H49IN2Si. The van der Waals surface area contributed by atoms with Gasteiger partial charge in [-0.05, 0) is 19.3 Å². The molecule has 0 aliphatic carbocycles. The molecule has 0 spiro atoms. The fourth-order valence-corrected chi connectivity index (χ4v) is 5.12. The van der Waals surface area contributed by atoms with Gasteiger partial charge in [-0.25, -0.2) is 9.13 Å². The van der Waals surface area contributed by atoms with Gasteiger partial charge in [0.25, 0.3) is 5.82 Å². The van der Waals surface area contributed by atoms with Crippen molar-refractivity contribution >= 4 is 8.07 Å². The molecule has 0 N–H and O–H groups in total. The molecule has 0 aliphatic rings. The molecule has 0 bridgehead atoms. The van der Waals surface area contributed by atoms with Crippen molar-refractivity contribution in [1.82, 2.24) is 4.57 Å². The Labute approximate surface area is 206 Å². The summed E-state index contributed by atoms with van der Waals surface area (Å²) < 4.78 is 4.69. The lowest BCUT2D eigenvalue weighted by atomic mass is 10.1. The van der Waals surface area contributed by atoms with E-state index in [4.69, 9.17) is 0 Å². The molecule has 0 saturated carbocycles. The number of nitrogens with zero attached hydrogens (tertiary/aromatic N) is 2. The van der Waals surface area contributed by atoms with E-state index in [0.717, 1.165) is 19.5 Å². The molecule has 1 heterocycles. The summed E-state index contributed by atoms with van der Waals surface area (Å²) >= 11 is 0. The standard InChI is InChI=1S/C26H49N2Si.HI/c1-6-7-8-9-15-18-21-27-23-24-28(26(27)2)22-19-16-13-11-10-12-14-17-20-25-29(3,4)5;/h23-24H,6-14,16-17,19-22,25H2,1-5H3;1H/q+1;/p-1.